The van der Waals surface area contributed by atoms with Gasteiger partial charge in [-0.3, -0.25) is 4.98 Å². The fraction of sp³-hybridized carbons (Fsp3) is 0.562. The molecule has 2 aromatic heterocycles. The normalized spacial score (nSPS) is 25.6. The second-order valence-corrected chi connectivity index (χ2v) is 8.56. The first-order valence-corrected chi connectivity index (χ1v) is 9.88. The number of nitrogens with one attached hydrogen (secondary N) is 1. The Morgan fingerprint density at radius 1 is 1.30 bits per heavy atom. The molecule has 3 rings (SSSR count). The standard InChI is InChI=1S/C16H22N4O6S/c1-10-15(11(2)26-20-10)27(23,24)19-8-16(5-12(21)13(22)6-16)9-25-14-7-17-3-4-18-14/h3-4,7,12-13,19,21-22H,5-6,8-9H2,1-2H3. The molecule has 2 atom stereocenters. The van der Waals surface area contributed by atoms with Crippen LogP contribution in [0.5, 0.6) is 5.88 Å². The van der Waals surface area contributed by atoms with Crippen molar-refractivity contribution in [1.82, 2.24) is 19.8 Å². The van der Waals surface area contributed by atoms with Crippen LogP contribution in [-0.4, -0.2) is 59.1 Å². The van der Waals surface area contributed by atoms with Crippen LogP contribution < -0.4 is 9.46 Å². The fourth-order valence-electron chi connectivity index (χ4n) is 3.32. The molecule has 27 heavy (non-hydrogen) atoms. The summed E-state index contributed by atoms with van der Waals surface area (Å²) in [6, 6.07) is 0. The summed E-state index contributed by atoms with van der Waals surface area (Å²) in [6.07, 6.45) is 2.85. The summed E-state index contributed by atoms with van der Waals surface area (Å²) in [7, 11) is -3.87. The maximum atomic E-state index is 12.7. The van der Waals surface area contributed by atoms with E-state index in [4.69, 9.17) is 9.26 Å². The third kappa shape index (κ3) is 4.26. The molecule has 0 radical (unpaired) electrons. The molecule has 0 bridgehead atoms. The minimum Gasteiger partial charge on any atom is -0.476 e. The summed E-state index contributed by atoms with van der Waals surface area (Å²) in [5.74, 6) is 0.470. The molecule has 11 heteroatoms. The molecule has 1 aliphatic rings. The topological polar surface area (TPSA) is 148 Å². The van der Waals surface area contributed by atoms with E-state index in [2.05, 4.69) is 19.8 Å². The van der Waals surface area contributed by atoms with E-state index < -0.39 is 27.6 Å². The summed E-state index contributed by atoms with van der Waals surface area (Å²) in [5, 5.41) is 23.7. The molecule has 2 heterocycles. The van der Waals surface area contributed by atoms with E-state index in [-0.39, 0.29) is 48.2 Å². The van der Waals surface area contributed by atoms with Gasteiger partial charge in [0.25, 0.3) is 0 Å². The molecule has 2 aromatic rings. The lowest BCUT2D eigenvalue weighted by atomic mass is 9.87. The van der Waals surface area contributed by atoms with Gasteiger partial charge >= 0.3 is 0 Å². The molecule has 1 fully saturated rings. The molecule has 0 aliphatic heterocycles. The van der Waals surface area contributed by atoms with Gasteiger partial charge in [0.2, 0.25) is 15.9 Å². The number of rotatable bonds is 7. The average Bonchev–Trinajstić information content (AvgIpc) is 3.12. The Balaban J connectivity index is 1.76. The van der Waals surface area contributed by atoms with Gasteiger partial charge in [0.15, 0.2) is 5.76 Å². The first-order chi connectivity index (χ1) is 12.7. The summed E-state index contributed by atoms with van der Waals surface area (Å²) in [6.45, 7) is 3.09. The van der Waals surface area contributed by atoms with E-state index in [1.807, 2.05) is 0 Å². The van der Waals surface area contributed by atoms with Crippen LogP contribution in [0.3, 0.4) is 0 Å². The zero-order chi connectivity index (χ0) is 19.7. The van der Waals surface area contributed by atoms with Crippen LogP contribution >= 0.6 is 0 Å². The van der Waals surface area contributed by atoms with Crippen molar-refractivity contribution in [1.29, 1.82) is 0 Å². The predicted molar refractivity (Wildman–Crippen MR) is 92.4 cm³/mol. The molecule has 0 aromatic carbocycles. The molecule has 0 saturated heterocycles. The van der Waals surface area contributed by atoms with Gasteiger partial charge in [-0.1, -0.05) is 5.16 Å². The molecule has 0 amide bonds. The lowest BCUT2D eigenvalue weighted by molar-refractivity contribution is 0.0438. The smallest absolute Gasteiger partial charge is 0.245 e. The van der Waals surface area contributed by atoms with E-state index in [1.165, 1.54) is 25.5 Å². The van der Waals surface area contributed by atoms with Gasteiger partial charge in [0.05, 0.1) is 25.0 Å². The Bertz CT molecular complexity index is 856. The highest BCUT2D eigenvalue weighted by Gasteiger charge is 2.45. The Hall–Kier alpha value is -2.08. The molecule has 0 spiro atoms. The van der Waals surface area contributed by atoms with Gasteiger partial charge < -0.3 is 19.5 Å². The first-order valence-electron chi connectivity index (χ1n) is 8.40. The van der Waals surface area contributed by atoms with Crippen LogP contribution in [0.4, 0.5) is 0 Å². The lowest BCUT2D eigenvalue weighted by Crippen LogP contribution is -2.40. The van der Waals surface area contributed by atoms with Crippen molar-refractivity contribution in [2.45, 2.75) is 43.8 Å². The summed E-state index contributed by atoms with van der Waals surface area (Å²) in [5.41, 5.74) is -0.543. The Morgan fingerprint density at radius 3 is 2.56 bits per heavy atom. The van der Waals surface area contributed by atoms with Crippen LogP contribution in [0.25, 0.3) is 0 Å². The molecule has 2 unspecified atom stereocenters. The summed E-state index contributed by atoms with van der Waals surface area (Å²) < 4.78 is 38.4. The summed E-state index contributed by atoms with van der Waals surface area (Å²) in [4.78, 5) is 7.91. The number of aliphatic hydroxyl groups is 2. The number of nitrogens with zero attached hydrogens (tertiary/aromatic N) is 3. The zero-order valence-electron chi connectivity index (χ0n) is 15.0. The van der Waals surface area contributed by atoms with Crippen LogP contribution in [0.15, 0.2) is 28.0 Å². The Morgan fingerprint density at radius 2 is 2.00 bits per heavy atom. The van der Waals surface area contributed by atoms with E-state index >= 15 is 0 Å². The SMILES string of the molecule is Cc1noc(C)c1S(=O)(=O)NCC1(COc2cnccn2)CC(O)C(O)C1. The van der Waals surface area contributed by atoms with Crippen LogP contribution in [0.2, 0.25) is 0 Å². The number of aromatic nitrogens is 3. The van der Waals surface area contributed by atoms with Gasteiger partial charge in [-0.05, 0) is 26.7 Å². The highest BCUT2D eigenvalue weighted by molar-refractivity contribution is 7.89. The van der Waals surface area contributed by atoms with Gasteiger partial charge in [-0.15, -0.1) is 0 Å². The van der Waals surface area contributed by atoms with E-state index in [1.54, 1.807) is 6.92 Å². The Labute approximate surface area is 156 Å². The number of hydrogen-bond donors (Lipinski definition) is 3. The number of sulfonamides is 1. The molecular formula is C16H22N4O6S. The highest BCUT2D eigenvalue weighted by atomic mass is 32.2. The van der Waals surface area contributed by atoms with Gasteiger partial charge in [0, 0.05) is 24.4 Å². The van der Waals surface area contributed by atoms with Crippen molar-refractivity contribution in [3.8, 4) is 5.88 Å². The fourth-order valence-corrected chi connectivity index (χ4v) is 4.80. The maximum Gasteiger partial charge on any atom is 0.245 e. The Kier molecular flexibility index (Phi) is 5.47. The van der Waals surface area contributed by atoms with Gasteiger partial charge in [-0.25, -0.2) is 18.1 Å². The maximum absolute atomic E-state index is 12.7. The van der Waals surface area contributed by atoms with Crippen molar-refractivity contribution in [3.63, 3.8) is 0 Å². The van der Waals surface area contributed by atoms with E-state index in [0.717, 1.165) is 0 Å². The molecule has 3 N–H and O–H groups in total. The monoisotopic (exact) mass is 398 g/mol. The molecule has 1 aliphatic carbocycles. The summed E-state index contributed by atoms with van der Waals surface area (Å²) >= 11 is 0. The largest absolute Gasteiger partial charge is 0.476 e. The van der Waals surface area contributed by atoms with Crippen molar-refractivity contribution in [2.75, 3.05) is 13.2 Å². The van der Waals surface area contributed by atoms with E-state index in [0.29, 0.717) is 0 Å². The lowest BCUT2D eigenvalue weighted by Gasteiger charge is -2.28. The number of aryl methyl sites for hydroxylation is 2. The minimum absolute atomic E-state index is 0.00779. The second kappa shape index (κ2) is 7.50. The number of ether oxygens (including phenoxy) is 1. The van der Waals surface area contributed by atoms with Crippen LogP contribution in [0.1, 0.15) is 24.3 Å². The first kappa shape index (κ1) is 19.7. The zero-order valence-corrected chi connectivity index (χ0v) is 15.8. The van der Waals surface area contributed by atoms with Gasteiger partial charge in [0.1, 0.15) is 10.6 Å². The third-order valence-corrected chi connectivity index (χ3v) is 6.31. The van der Waals surface area contributed by atoms with Crippen LogP contribution in [-0.2, 0) is 10.0 Å². The van der Waals surface area contributed by atoms with Crippen molar-refractivity contribution >= 4 is 10.0 Å². The van der Waals surface area contributed by atoms with E-state index in [9.17, 15) is 18.6 Å². The molecule has 10 nitrogen and oxygen atoms in total. The highest BCUT2D eigenvalue weighted by Crippen LogP contribution is 2.39. The van der Waals surface area contributed by atoms with Crippen molar-refractivity contribution in [2.24, 2.45) is 5.41 Å². The minimum atomic E-state index is -3.87. The predicted octanol–water partition coefficient (Wildman–Crippen LogP) is -0.0593. The average molecular weight is 398 g/mol. The van der Waals surface area contributed by atoms with Crippen molar-refractivity contribution in [3.05, 3.63) is 30.0 Å². The van der Waals surface area contributed by atoms with Gasteiger partial charge in [-0.2, -0.15) is 0 Å². The number of aliphatic hydroxyl groups excluding tert-OH is 2. The van der Waals surface area contributed by atoms with Crippen molar-refractivity contribution < 1.29 is 27.9 Å². The molecular weight excluding hydrogens is 376 g/mol. The quantitative estimate of drug-likeness (QED) is 0.583. The second-order valence-electron chi connectivity index (χ2n) is 6.85. The third-order valence-electron chi connectivity index (χ3n) is 4.67. The molecule has 1 saturated carbocycles. The number of hydrogen-bond acceptors (Lipinski definition) is 9. The van der Waals surface area contributed by atoms with Crippen LogP contribution in [0, 0.1) is 19.3 Å². The molecule has 148 valence electrons.